The van der Waals surface area contributed by atoms with Gasteiger partial charge in [-0.15, -0.1) is 26.3 Å². The van der Waals surface area contributed by atoms with Gasteiger partial charge in [0.2, 0.25) is 5.91 Å². The zero-order chi connectivity index (χ0) is 27.0. The summed E-state index contributed by atoms with van der Waals surface area (Å²) in [6, 6.07) is 0. The van der Waals surface area contributed by atoms with Crippen LogP contribution in [0.1, 0.15) is 73.6 Å². The molecule has 0 aromatic rings. The van der Waals surface area contributed by atoms with E-state index in [1.807, 2.05) is 0 Å². The van der Waals surface area contributed by atoms with E-state index in [0.717, 1.165) is 12.7 Å². The van der Waals surface area contributed by atoms with Gasteiger partial charge in [0.25, 0.3) is 0 Å². The Kier molecular flexibility index (Phi) is 24.0. The Balaban J connectivity index is -0.00000227. The summed E-state index contributed by atoms with van der Waals surface area (Å²) >= 11 is 0. The normalized spacial score (nSPS) is 11.0. The number of carbonyl (C=O) groups is 3. The van der Waals surface area contributed by atoms with Gasteiger partial charge in [0, 0.05) is 43.9 Å². The summed E-state index contributed by atoms with van der Waals surface area (Å²) < 4.78 is 5.32. The Morgan fingerprint density at radius 3 is 2.03 bits per heavy atom. The second-order valence-electron chi connectivity index (χ2n) is 9.32. The van der Waals surface area contributed by atoms with Crippen LogP contribution in [0.4, 0.5) is 0 Å². The molecule has 0 unspecified atom stereocenters. The van der Waals surface area contributed by atoms with E-state index in [2.05, 4.69) is 62.3 Å². The van der Waals surface area contributed by atoms with Gasteiger partial charge in [-0.2, -0.15) is 4.89 Å². The third kappa shape index (κ3) is 27.7. The van der Waals surface area contributed by atoms with Crippen molar-refractivity contribution in [1.29, 1.82) is 0 Å². The van der Waals surface area contributed by atoms with Gasteiger partial charge in [-0.25, -0.2) is 0 Å². The molecule has 0 aliphatic carbocycles. The number of carbonyl (C=O) groups excluding carboxylic acids is 3. The zero-order valence-electron chi connectivity index (χ0n) is 22.2. The van der Waals surface area contributed by atoms with Gasteiger partial charge in [-0.1, -0.05) is 41.5 Å². The van der Waals surface area contributed by atoms with Crippen molar-refractivity contribution >= 4 is 17.5 Å². The number of Topliss-reactive ketones (excluding diaryl/α,β-unsaturated/α-hetero) is 1. The third-order valence-electron chi connectivity index (χ3n) is 3.98. The van der Waals surface area contributed by atoms with E-state index < -0.39 is 5.41 Å². The molecule has 1 N–H and O–H groups in total. The monoisotopic (exact) mass is 485 g/mol. The first-order valence-corrected chi connectivity index (χ1v) is 11.4. The fraction of sp³-hybridized carbons (Fsp3) is 0.654. The Morgan fingerprint density at radius 2 is 1.47 bits per heavy atom. The molecule has 0 atom stereocenters. The summed E-state index contributed by atoms with van der Waals surface area (Å²) in [6.45, 7) is 25.2. The van der Waals surface area contributed by atoms with Crippen LogP contribution in [0.5, 0.6) is 0 Å². The molecule has 8 nitrogen and oxygen atoms in total. The van der Waals surface area contributed by atoms with Crippen molar-refractivity contribution in [2.45, 2.75) is 73.6 Å². The van der Waals surface area contributed by atoms with Gasteiger partial charge in [0.1, 0.15) is 18.7 Å². The van der Waals surface area contributed by atoms with Crippen LogP contribution in [0.25, 0.3) is 0 Å². The van der Waals surface area contributed by atoms with Crippen LogP contribution in [0, 0.1) is 10.8 Å². The van der Waals surface area contributed by atoms with E-state index in [-0.39, 0.29) is 48.9 Å². The molecule has 0 saturated carbocycles. The lowest BCUT2D eigenvalue weighted by atomic mass is 9.91. The average Bonchev–Trinajstić information content (AvgIpc) is 2.77. The molecule has 0 aliphatic rings. The van der Waals surface area contributed by atoms with Crippen molar-refractivity contribution in [2.75, 3.05) is 26.4 Å². The molecule has 0 aromatic carbocycles. The molecule has 0 spiro atoms. The maximum atomic E-state index is 11.8. The summed E-state index contributed by atoms with van der Waals surface area (Å²) in [5.74, 6) is -0.125. The van der Waals surface area contributed by atoms with E-state index in [1.54, 1.807) is 20.8 Å². The Labute approximate surface area is 206 Å². The number of amides is 1. The molecule has 0 aromatic heterocycles. The third-order valence-corrected chi connectivity index (χ3v) is 3.98. The molecule has 0 bridgehead atoms. The predicted molar refractivity (Wildman–Crippen MR) is 136 cm³/mol. The Morgan fingerprint density at radius 1 is 0.853 bits per heavy atom. The standard InChI is InChI=1S/C22H39NO7.2C2H4/c1-21(2,3)12-13-23-20(26)10-9-18(24)8-7-14-27-16-17-29-30-28-15-11-19(25)22(4,5)6;2*1-2/h11,15H,7-10,12-14,16-17H2,1-6H3,(H,23,26);2*1-2H2/b15-11+;;. The van der Waals surface area contributed by atoms with E-state index in [1.165, 1.54) is 6.08 Å². The molecule has 0 rings (SSSR count). The molecular formula is C26H47NO7. The lowest BCUT2D eigenvalue weighted by Crippen LogP contribution is -2.27. The molecule has 0 radical (unpaired) electrons. The quantitative estimate of drug-likeness (QED) is 0.0791. The number of allylic oxidation sites excluding steroid dienone is 1. The van der Waals surface area contributed by atoms with Crippen molar-refractivity contribution < 1.29 is 33.9 Å². The molecule has 198 valence electrons. The van der Waals surface area contributed by atoms with Crippen LogP contribution in [0.2, 0.25) is 0 Å². The number of nitrogens with one attached hydrogen (secondary N) is 1. The average molecular weight is 486 g/mol. The number of ether oxygens (including phenoxy) is 1. The topological polar surface area (TPSA) is 100 Å². The molecule has 34 heavy (non-hydrogen) atoms. The highest BCUT2D eigenvalue weighted by Gasteiger charge is 2.18. The second-order valence-corrected chi connectivity index (χ2v) is 9.32. The first-order chi connectivity index (χ1) is 15.9. The summed E-state index contributed by atoms with van der Waals surface area (Å²) in [4.78, 5) is 44.4. The molecule has 0 heterocycles. The van der Waals surface area contributed by atoms with Gasteiger partial charge in [-0.3, -0.25) is 14.4 Å². The van der Waals surface area contributed by atoms with Crippen molar-refractivity contribution in [3.63, 3.8) is 0 Å². The van der Waals surface area contributed by atoms with Crippen molar-refractivity contribution in [3.05, 3.63) is 38.7 Å². The van der Waals surface area contributed by atoms with E-state index in [9.17, 15) is 14.4 Å². The smallest absolute Gasteiger partial charge is 0.220 e. The Bertz CT molecular complexity index is 573. The summed E-state index contributed by atoms with van der Waals surface area (Å²) in [5.41, 5.74) is -0.300. The first kappa shape index (κ1) is 36.3. The van der Waals surface area contributed by atoms with Gasteiger partial charge in [-0.05, 0) is 23.3 Å². The maximum Gasteiger partial charge on any atom is 0.220 e. The zero-order valence-corrected chi connectivity index (χ0v) is 22.2. The minimum Gasteiger partial charge on any atom is -0.379 e. The van der Waals surface area contributed by atoms with Crippen molar-refractivity contribution in [3.8, 4) is 0 Å². The fourth-order valence-corrected chi connectivity index (χ4v) is 2.03. The van der Waals surface area contributed by atoms with Gasteiger partial charge < -0.3 is 14.9 Å². The minimum absolute atomic E-state index is 0.0501. The molecule has 0 saturated heterocycles. The van der Waals surface area contributed by atoms with Crippen LogP contribution in [0.3, 0.4) is 0 Å². The minimum atomic E-state index is -0.478. The van der Waals surface area contributed by atoms with Gasteiger partial charge in [0.15, 0.2) is 5.78 Å². The van der Waals surface area contributed by atoms with Crippen LogP contribution in [-0.4, -0.2) is 43.8 Å². The highest BCUT2D eigenvalue weighted by Crippen LogP contribution is 2.17. The number of hydrogen-bond acceptors (Lipinski definition) is 7. The number of rotatable bonds is 16. The molecule has 0 aliphatic heterocycles. The largest absolute Gasteiger partial charge is 0.379 e. The predicted octanol–water partition coefficient (Wildman–Crippen LogP) is 5.30. The van der Waals surface area contributed by atoms with Gasteiger partial charge >= 0.3 is 0 Å². The lowest BCUT2D eigenvalue weighted by Gasteiger charge is -2.17. The van der Waals surface area contributed by atoms with Crippen LogP contribution in [-0.2, 0) is 33.9 Å². The highest BCUT2D eigenvalue weighted by atomic mass is 17.5. The SMILES string of the molecule is C=C.C=C.CC(C)(C)CCNC(=O)CCC(=O)CCCOCCOOO/C=C/C(=O)C(C)(C)C. The summed E-state index contributed by atoms with van der Waals surface area (Å²) in [5, 5.41) is 7.27. The molecular weight excluding hydrogens is 438 g/mol. The number of hydrogen-bond donors (Lipinski definition) is 1. The first-order valence-electron chi connectivity index (χ1n) is 11.4. The van der Waals surface area contributed by atoms with Gasteiger partial charge in [0.05, 0.1) is 6.61 Å². The van der Waals surface area contributed by atoms with Crippen LogP contribution >= 0.6 is 0 Å². The number of ketones is 2. The van der Waals surface area contributed by atoms with Crippen LogP contribution < -0.4 is 5.32 Å². The van der Waals surface area contributed by atoms with E-state index >= 15 is 0 Å². The Hall–Kier alpha value is -2.29. The van der Waals surface area contributed by atoms with Crippen LogP contribution in [0.15, 0.2) is 38.7 Å². The maximum absolute atomic E-state index is 11.8. The van der Waals surface area contributed by atoms with E-state index in [0.29, 0.717) is 26.0 Å². The van der Waals surface area contributed by atoms with Crippen molar-refractivity contribution in [1.82, 2.24) is 5.32 Å². The van der Waals surface area contributed by atoms with E-state index in [4.69, 9.17) is 9.62 Å². The summed E-state index contributed by atoms with van der Waals surface area (Å²) in [7, 11) is 0. The molecule has 0 fully saturated rings. The molecule has 1 amide bonds. The highest BCUT2D eigenvalue weighted by molar-refractivity contribution is 5.93. The second kappa shape index (κ2) is 22.5. The van der Waals surface area contributed by atoms with Crippen molar-refractivity contribution in [2.24, 2.45) is 10.8 Å². The summed E-state index contributed by atoms with van der Waals surface area (Å²) in [6.07, 6.45) is 4.73. The lowest BCUT2D eigenvalue weighted by molar-refractivity contribution is -0.491. The molecule has 8 heteroatoms. The fourth-order valence-electron chi connectivity index (χ4n) is 2.03.